The third kappa shape index (κ3) is 67.2. The number of phosphoric ester groups is 1. The standard InChI is InChI=1S/C77H139N2O7P/c1-7-10-13-16-19-22-25-27-29-31-33-35-37-38-39-40-42-44-46-48-50-52-55-58-61-64-67-70-77(81)86-75(68-65-62-59-56-53-24-21-18-15-12-9-3)74(73-85-87(82,83)84-72-71-79(4,5)6)78-76(80)69-66-63-60-57-54-51-49-47-45-43-41-36-34-32-30-28-26-23-20-17-14-11-8-2/h19-20,22-23,27-30,33-36,43,45,65,68,74-75H,7-18,21,24-26,31-32,37-42,44,46-64,66-67,69-73H2,1-6H3,(H-,78,80,82,83)/b22-19-,23-20-,29-27-,30-28-,35-33-,36-34-,45-43-,68-65+. The third-order valence-electron chi connectivity index (χ3n) is 16.0. The number of amides is 1. The molecule has 9 nitrogen and oxygen atoms in total. The SMILES string of the molecule is CCCCC/C=C\C/C=C\C/C=C\C/C=C\CCCCCCCCCC(=O)NC(COP(=O)([O-])OCC[N+](C)(C)C)C(/C=C/CCCCCCCCCCC)OC(=O)CCCCCCCCCCCCCCCC/C=C\C/C=C\C/C=C\CCCCC. The molecule has 0 rings (SSSR count). The van der Waals surface area contributed by atoms with Crippen molar-refractivity contribution in [3.63, 3.8) is 0 Å². The highest BCUT2D eigenvalue weighted by molar-refractivity contribution is 7.45. The van der Waals surface area contributed by atoms with E-state index in [0.717, 1.165) is 103 Å². The number of hydrogen-bond acceptors (Lipinski definition) is 7. The Morgan fingerprint density at radius 3 is 1.07 bits per heavy atom. The molecule has 0 spiro atoms. The molecule has 0 aromatic heterocycles. The Morgan fingerprint density at radius 2 is 0.701 bits per heavy atom. The zero-order valence-corrected chi connectivity index (χ0v) is 58.6. The first kappa shape index (κ1) is 83.9. The molecule has 504 valence electrons. The summed E-state index contributed by atoms with van der Waals surface area (Å²) in [5, 5.41) is 3.04. The smallest absolute Gasteiger partial charge is 0.306 e. The lowest BCUT2D eigenvalue weighted by atomic mass is 10.0. The van der Waals surface area contributed by atoms with Crippen molar-refractivity contribution >= 4 is 19.7 Å². The molecule has 0 aromatic rings. The third-order valence-corrected chi connectivity index (χ3v) is 17.0. The van der Waals surface area contributed by atoms with Gasteiger partial charge < -0.3 is 28.5 Å². The summed E-state index contributed by atoms with van der Waals surface area (Å²) in [6.45, 7) is 6.80. The van der Waals surface area contributed by atoms with Crippen LogP contribution in [0.15, 0.2) is 97.2 Å². The zero-order valence-electron chi connectivity index (χ0n) is 57.7. The van der Waals surface area contributed by atoms with Gasteiger partial charge in [-0.2, -0.15) is 0 Å². The van der Waals surface area contributed by atoms with Crippen LogP contribution in [0.25, 0.3) is 0 Å². The summed E-state index contributed by atoms with van der Waals surface area (Å²) in [5.74, 6) is -0.550. The highest BCUT2D eigenvalue weighted by Crippen LogP contribution is 2.38. The van der Waals surface area contributed by atoms with E-state index in [-0.39, 0.29) is 24.9 Å². The summed E-state index contributed by atoms with van der Waals surface area (Å²) >= 11 is 0. The van der Waals surface area contributed by atoms with E-state index in [1.54, 1.807) is 0 Å². The zero-order chi connectivity index (χ0) is 63.5. The second-order valence-electron chi connectivity index (χ2n) is 25.7. The van der Waals surface area contributed by atoms with Gasteiger partial charge in [0.2, 0.25) is 5.91 Å². The van der Waals surface area contributed by atoms with Crippen molar-refractivity contribution in [3.05, 3.63) is 97.2 Å². The van der Waals surface area contributed by atoms with E-state index < -0.39 is 26.6 Å². The van der Waals surface area contributed by atoms with E-state index in [0.29, 0.717) is 17.4 Å². The molecule has 0 radical (unpaired) electrons. The average Bonchev–Trinajstić information content (AvgIpc) is 3.70. The van der Waals surface area contributed by atoms with E-state index >= 15 is 0 Å². The van der Waals surface area contributed by atoms with Crippen LogP contribution in [-0.2, 0) is 27.9 Å². The first-order valence-corrected chi connectivity index (χ1v) is 38.0. The van der Waals surface area contributed by atoms with Gasteiger partial charge in [-0.25, -0.2) is 0 Å². The number of phosphoric acid groups is 1. The average molecular weight is 1240 g/mol. The number of nitrogens with zero attached hydrogens (tertiary/aromatic N) is 1. The number of hydrogen-bond donors (Lipinski definition) is 1. The van der Waals surface area contributed by atoms with Gasteiger partial charge in [0, 0.05) is 12.8 Å². The number of likely N-dealkylation sites (N-methyl/N-ethyl adjacent to an activating group) is 1. The second kappa shape index (κ2) is 65.9. The number of allylic oxidation sites excluding steroid dienone is 15. The number of ether oxygens (including phenoxy) is 1. The van der Waals surface area contributed by atoms with Crippen molar-refractivity contribution in [2.24, 2.45) is 0 Å². The Bertz CT molecular complexity index is 1810. The summed E-state index contributed by atoms with van der Waals surface area (Å²) in [6, 6.07) is -0.900. The molecular formula is C77H139N2O7P. The molecule has 0 saturated heterocycles. The molecule has 0 aliphatic heterocycles. The number of rotatable bonds is 66. The number of quaternary nitrogens is 1. The van der Waals surface area contributed by atoms with Crippen LogP contribution in [0, 0.1) is 0 Å². The number of unbranched alkanes of at least 4 members (excludes halogenated alkanes) is 36. The molecular weight excluding hydrogens is 1100 g/mol. The number of esters is 1. The molecule has 10 heteroatoms. The lowest BCUT2D eigenvalue weighted by molar-refractivity contribution is -0.870. The van der Waals surface area contributed by atoms with E-state index in [1.807, 2.05) is 33.3 Å². The van der Waals surface area contributed by atoms with Gasteiger partial charge in [0.25, 0.3) is 7.82 Å². The van der Waals surface area contributed by atoms with Crippen LogP contribution in [0.1, 0.15) is 329 Å². The van der Waals surface area contributed by atoms with Gasteiger partial charge in [-0.3, -0.25) is 14.2 Å². The Balaban J connectivity index is 5.01. The van der Waals surface area contributed by atoms with Crippen LogP contribution in [0.4, 0.5) is 0 Å². The van der Waals surface area contributed by atoms with Gasteiger partial charge in [-0.1, -0.05) is 298 Å². The maximum atomic E-state index is 13.6. The molecule has 0 aromatic carbocycles. The normalized spacial score (nSPS) is 14.1. The largest absolute Gasteiger partial charge is 0.756 e. The van der Waals surface area contributed by atoms with Crippen LogP contribution in [0.5, 0.6) is 0 Å². The molecule has 0 fully saturated rings. The Labute approximate surface area is 538 Å². The molecule has 3 unspecified atom stereocenters. The van der Waals surface area contributed by atoms with Crippen molar-refractivity contribution in [3.8, 4) is 0 Å². The monoisotopic (exact) mass is 1240 g/mol. The van der Waals surface area contributed by atoms with Gasteiger partial charge in [0.05, 0.1) is 33.8 Å². The topological polar surface area (TPSA) is 114 Å². The lowest BCUT2D eigenvalue weighted by Gasteiger charge is -2.30. The minimum atomic E-state index is -4.71. The molecule has 0 heterocycles. The summed E-state index contributed by atoms with van der Waals surface area (Å²) in [6.07, 6.45) is 89.6. The number of carbonyl (C=O) groups is 2. The van der Waals surface area contributed by atoms with E-state index in [2.05, 4.69) is 111 Å². The summed E-state index contributed by atoms with van der Waals surface area (Å²) in [4.78, 5) is 40.2. The summed E-state index contributed by atoms with van der Waals surface area (Å²) < 4.78 is 30.4. The van der Waals surface area contributed by atoms with Gasteiger partial charge in [-0.05, 0) is 115 Å². The first-order valence-electron chi connectivity index (χ1n) is 36.5. The van der Waals surface area contributed by atoms with Gasteiger partial charge in [-0.15, -0.1) is 0 Å². The summed E-state index contributed by atoms with van der Waals surface area (Å²) in [5.41, 5.74) is 0. The molecule has 0 aliphatic carbocycles. The quantitative estimate of drug-likeness (QED) is 0.0212. The lowest BCUT2D eigenvalue weighted by Crippen LogP contribution is -2.47. The van der Waals surface area contributed by atoms with Crippen molar-refractivity contribution in [2.75, 3.05) is 40.9 Å². The first-order chi connectivity index (χ1) is 42.4. The molecule has 0 aliphatic rings. The summed E-state index contributed by atoms with van der Waals surface area (Å²) in [7, 11) is 1.17. The molecule has 3 atom stereocenters. The fraction of sp³-hybridized carbons (Fsp3) is 0.766. The Kier molecular flexibility index (Phi) is 63.5. The maximum Gasteiger partial charge on any atom is 0.306 e. The van der Waals surface area contributed by atoms with Crippen molar-refractivity contribution in [1.82, 2.24) is 5.32 Å². The van der Waals surface area contributed by atoms with Crippen molar-refractivity contribution in [2.45, 2.75) is 341 Å². The van der Waals surface area contributed by atoms with Crippen molar-refractivity contribution < 1.29 is 37.3 Å². The van der Waals surface area contributed by atoms with Crippen LogP contribution >= 0.6 is 7.82 Å². The molecule has 1 N–H and O–H groups in total. The van der Waals surface area contributed by atoms with E-state index in [1.165, 1.54) is 193 Å². The minimum Gasteiger partial charge on any atom is -0.756 e. The predicted molar refractivity (Wildman–Crippen MR) is 376 cm³/mol. The Hall–Kier alpha value is -3.07. The van der Waals surface area contributed by atoms with Crippen molar-refractivity contribution in [1.29, 1.82) is 0 Å². The van der Waals surface area contributed by atoms with Crippen LogP contribution in [0.3, 0.4) is 0 Å². The molecule has 0 bridgehead atoms. The van der Waals surface area contributed by atoms with E-state index in [9.17, 15) is 19.0 Å². The molecule has 1 amide bonds. The fourth-order valence-electron chi connectivity index (χ4n) is 10.3. The minimum absolute atomic E-state index is 0.0279. The highest BCUT2D eigenvalue weighted by atomic mass is 31.2. The van der Waals surface area contributed by atoms with E-state index in [4.69, 9.17) is 13.8 Å². The fourth-order valence-corrected chi connectivity index (χ4v) is 11.1. The van der Waals surface area contributed by atoms with Crippen LogP contribution in [-0.4, -0.2) is 69.4 Å². The highest BCUT2D eigenvalue weighted by Gasteiger charge is 2.27. The van der Waals surface area contributed by atoms with Gasteiger partial charge >= 0.3 is 5.97 Å². The Morgan fingerprint density at radius 1 is 0.402 bits per heavy atom. The van der Waals surface area contributed by atoms with Gasteiger partial charge in [0.1, 0.15) is 19.3 Å². The van der Waals surface area contributed by atoms with Crippen LogP contribution < -0.4 is 10.2 Å². The second-order valence-corrected chi connectivity index (χ2v) is 27.1. The molecule has 87 heavy (non-hydrogen) atoms. The molecule has 0 saturated carbocycles. The number of nitrogens with one attached hydrogen (secondary N) is 1. The van der Waals surface area contributed by atoms with Gasteiger partial charge in [0.15, 0.2) is 0 Å². The van der Waals surface area contributed by atoms with Crippen LogP contribution in [0.2, 0.25) is 0 Å². The number of carbonyl (C=O) groups excluding carboxylic acids is 2. The maximum absolute atomic E-state index is 13.6. The predicted octanol–water partition coefficient (Wildman–Crippen LogP) is 22.8.